The third-order valence-electron chi connectivity index (χ3n) is 3.10. The van der Waals surface area contributed by atoms with E-state index in [0.717, 1.165) is 5.56 Å². The van der Waals surface area contributed by atoms with Crippen molar-refractivity contribution in [3.63, 3.8) is 0 Å². The summed E-state index contributed by atoms with van der Waals surface area (Å²) in [7, 11) is 0. The zero-order chi connectivity index (χ0) is 16.1. The minimum atomic E-state index is -0.383. The molecule has 0 aliphatic carbocycles. The van der Waals surface area contributed by atoms with Gasteiger partial charge < -0.3 is 15.2 Å². The molecule has 0 saturated carbocycles. The van der Waals surface area contributed by atoms with Gasteiger partial charge in [-0.3, -0.25) is 0 Å². The number of hydrogen-bond donors (Lipinski definition) is 1. The van der Waals surface area contributed by atoms with E-state index in [-0.39, 0.29) is 12.1 Å². The van der Waals surface area contributed by atoms with E-state index in [0.29, 0.717) is 23.6 Å². The molecule has 2 aromatic rings. The number of ether oxygens (including phenoxy) is 2. The van der Waals surface area contributed by atoms with Crippen molar-refractivity contribution < 1.29 is 14.3 Å². The van der Waals surface area contributed by atoms with Gasteiger partial charge in [-0.25, -0.2) is 4.79 Å². The molecule has 2 N–H and O–H groups in total. The Morgan fingerprint density at radius 1 is 1.14 bits per heavy atom. The summed E-state index contributed by atoms with van der Waals surface area (Å²) in [6, 6.07) is 13.0. The second-order valence-electron chi connectivity index (χ2n) is 5.48. The molecular weight excluding hydrogens is 278 g/mol. The summed E-state index contributed by atoms with van der Waals surface area (Å²) in [5.41, 5.74) is 9.06. The van der Waals surface area contributed by atoms with E-state index in [2.05, 4.69) is 0 Å². The lowest BCUT2D eigenvalue weighted by Gasteiger charge is -2.12. The monoisotopic (exact) mass is 299 g/mol. The van der Waals surface area contributed by atoms with Crippen molar-refractivity contribution in [1.29, 1.82) is 0 Å². The molecule has 0 saturated heterocycles. The molecule has 0 unspecified atom stereocenters. The van der Waals surface area contributed by atoms with E-state index in [9.17, 15) is 4.79 Å². The fourth-order valence-electron chi connectivity index (χ4n) is 1.93. The molecule has 0 aromatic heterocycles. The lowest BCUT2D eigenvalue weighted by Crippen LogP contribution is -2.12. The molecule has 22 heavy (non-hydrogen) atoms. The number of esters is 1. The van der Waals surface area contributed by atoms with Gasteiger partial charge in [-0.05, 0) is 44.5 Å². The van der Waals surface area contributed by atoms with Gasteiger partial charge in [0.25, 0.3) is 0 Å². The first kappa shape index (κ1) is 15.9. The Balaban J connectivity index is 2.03. The Morgan fingerprint density at radius 2 is 1.82 bits per heavy atom. The van der Waals surface area contributed by atoms with Crippen LogP contribution in [-0.4, -0.2) is 12.1 Å². The number of anilines is 1. The molecule has 116 valence electrons. The zero-order valence-electron chi connectivity index (χ0n) is 13.1. The number of nitrogens with two attached hydrogens (primary N) is 1. The summed E-state index contributed by atoms with van der Waals surface area (Å²) in [4.78, 5) is 11.8. The van der Waals surface area contributed by atoms with Gasteiger partial charge in [-0.2, -0.15) is 0 Å². The number of carbonyl (C=O) groups excluding carboxylic acids is 1. The Kier molecular flexibility index (Phi) is 5.04. The molecule has 4 nitrogen and oxygen atoms in total. The molecule has 0 atom stereocenters. The number of carbonyl (C=O) groups is 1. The third kappa shape index (κ3) is 4.25. The predicted molar refractivity (Wildman–Crippen MR) is 86.9 cm³/mol. The van der Waals surface area contributed by atoms with Gasteiger partial charge in [-0.15, -0.1) is 0 Å². The number of benzene rings is 2. The first-order valence-corrected chi connectivity index (χ1v) is 7.24. The van der Waals surface area contributed by atoms with Crippen LogP contribution in [0, 0.1) is 6.92 Å². The Labute approximate surface area is 130 Å². The van der Waals surface area contributed by atoms with Gasteiger partial charge in [0.05, 0.1) is 17.4 Å². The van der Waals surface area contributed by atoms with Crippen molar-refractivity contribution in [2.45, 2.75) is 33.5 Å². The summed E-state index contributed by atoms with van der Waals surface area (Å²) in [5, 5.41) is 0. The quantitative estimate of drug-likeness (QED) is 0.675. The summed E-state index contributed by atoms with van der Waals surface area (Å²) >= 11 is 0. The SMILES string of the molecule is Cc1ccc(COc2ccc(C(=O)OC(C)C)cc2N)cc1. The molecule has 0 radical (unpaired) electrons. The van der Waals surface area contributed by atoms with Crippen LogP contribution in [0.2, 0.25) is 0 Å². The van der Waals surface area contributed by atoms with Crippen molar-refractivity contribution in [3.05, 3.63) is 59.2 Å². The molecule has 0 amide bonds. The molecule has 0 aliphatic heterocycles. The normalized spacial score (nSPS) is 10.5. The van der Waals surface area contributed by atoms with Crippen molar-refractivity contribution in [2.24, 2.45) is 0 Å². The van der Waals surface area contributed by atoms with E-state index in [1.54, 1.807) is 32.0 Å². The highest BCUT2D eigenvalue weighted by Gasteiger charge is 2.11. The van der Waals surface area contributed by atoms with Crippen LogP contribution in [0.4, 0.5) is 5.69 Å². The van der Waals surface area contributed by atoms with Gasteiger partial charge >= 0.3 is 5.97 Å². The van der Waals surface area contributed by atoms with Crippen LogP contribution in [0.25, 0.3) is 0 Å². The molecule has 2 aromatic carbocycles. The molecule has 0 fully saturated rings. The van der Waals surface area contributed by atoms with Gasteiger partial charge in [0.15, 0.2) is 0 Å². The van der Waals surface area contributed by atoms with Crippen LogP contribution in [-0.2, 0) is 11.3 Å². The molecular formula is C18H21NO3. The fourth-order valence-corrected chi connectivity index (χ4v) is 1.93. The number of rotatable bonds is 5. The van der Waals surface area contributed by atoms with Crippen molar-refractivity contribution in [3.8, 4) is 5.75 Å². The Bertz CT molecular complexity index is 648. The standard InChI is InChI=1S/C18H21NO3/c1-12(2)22-18(20)15-8-9-17(16(19)10-15)21-11-14-6-4-13(3)5-7-14/h4-10,12H,11,19H2,1-3H3. The average Bonchev–Trinajstić information content (AvgIpc) is 2.47. The van der Waals surface area contributed by atoms with Crippen LogP contribution in [0.15, 0.2) is 42.5 Å². The third-order valence-corrected chi connectivity index (χ3v) is 3.10. The van der Waals surface area contributed by atoms with Gasteiger partial charge in [0.1, 0.15) is 12.4 Å². The van der Waals surface area contributed by atoms with Gasteiger partial charge in [-0.1, -0.05) is 29.8 Å². The molecule has 0 heterocycles. The summed E-state index contributed by atoms with van der Waals surface area (Å²) in [5.74, 6) is 0.174. The average molecular weight is 299 g/mol. The molecule has 4 heteroatoms. The predicted octanol–water partition coefficient (Wildman–Crippen LogP) is 3.72. The van der Waals surface area contributed by atoms with Crippen LogP contribution in [0.3, 0.4) is 0 Å². The largest absolute Gasteiger partial charge is 0.487 e. The minimum Gasteiger partial charge on any atom is -0.487 e. The van der Waals surface area contributed by atoms with Gasteiger partial charge in [0, 0.05) is 0 Å². The maximum atomic E-state index is 11.8. The van der Waals surface area contributed by atoms with Crippen LogP contribution >= 0.6 is 0 Å². The topological polar surface area (TPSA) is 61.5 Å². The Hall–Kier alpha value is -2.49. The second kappa shape index (κ2) is 6.98. The maximum Gasteiger partial charge on any atom is 0.338 e. The highest BCUT2D eigenvalue weighted by Crippen LogP contribution is 2.24. The van der Waals surface area contributed by atoms with Crippen LogP contribution < -0.4 is 10.5 Å². The molecule has 0 bridgehead atoms. The lowest BCUT2D eigenvalue weighted by molar-refractivity contribution is 0.0378. The lowest BCUT2D eigenvalue weighted by atomic mass is 10.1. The van der Waals surface area contributed by atoms with E-state index in [4.69, 9.17) is 15.2 Å². The van der Waals surface area contributed by atoms with Crippen molar-refractivity contribution in [1.82, 2.24) is 0 Å². The highest BCUT2D eigenvalue weighted by molar-refractivity contribution is 5.91. The summed E-state index contributed by atoms with van der Waals surface area (Å²) in [6.45, 7) is 6.08. The Morgan fingerprint density at radius 3 is 2.41 bits per heavy atom. The number of nitrogen functional groups attached to an aromatic ring is 1. The van der Waals surface area contributed by atoms with E-state index < -0.39 is 0 Å². The van der Waals surface area contributed by atoms with Crippen LogP contribution in [0.5, 0.6) is 5.75 Å². The zero-order valence-corrected chi connectivity index (χ0v) is 13.1. The van der Waals surface area contributed by atoms with E-state index in [1.807, 2.05) is 31.2 Å². The molecule has 0 spiro atoms. The highest BCUT2D eigenvalue weighted by atomic mass is 16.5. The fraction of sp³-hybridized carbons (Fsp3) is 0.278. The van der Waals surface area contributed by atoms with Crippen molar-refractivity contribution >= 4 is 11.7 Å². The minimum absolute atomic E-state index is 0.161. The van der Waals surface area contributed by atoms with Crippen molar-refractivity contribution in [2.75, 3.05) is 5.73 Å². The number of aryl methyl sites for hydroxylation is 1. The van der Waals surface area contributed by atoms with E-state index in [1.165, 1.54) is 5.56 Å². The van der Waals surface area contributed by atoms with E-state index >= 15 is 0 Å². The summed E-state index contributed by atoms with van der Waals surface area (Å²) < 4.78 is 10.8. The van der Waals surface area contributed by atoms with Gasteiger partial charge in [0.2, 0.25) is 0 Å². The van der Waals surface area contributed by atoms with Crippen LogP contribution in [0.1, 0.15) is 35.3 Å². The molecule has 0 aliphatic rings. The second-order valence-corrected chi connectivity index (χ2v) is 5.48. The first-order valence-electron chi connectivity index (χ1n) is 7.24. The molecule has 2 rings (SSSR count). The number of hydrogen-bond acceptors (Lipinski definition) is 4. The maximum absolute atomic E-state index is 11.8. The summed E-state index contributed by atoms with van der Waals surface area (Å²) in [6.07, 6.45) is -0.161. The smallest absolute Gasteiger partial charge is 0.338 e. The first-order chi connectivity index (χ1) is 10.5.